The molecule has 0 saturated heterocycles. The lowest BCUT2D eigenvalue weighted by molar-refractivity contribution is -0.123. The molecule has 0 heterocycles. The van der Waals surface area contributed by atoms with Gasteiger partial charge < -0.3 is 15.3 Å². The fraction of sp³-hybridized carbons (Fsp3) is 0.529. The van der Waals surface area contributed by atoms with Gasteiger partial charge in [0.1, 0.15) is 0 Å². The highest BCUT2D eigenvalue weighted by atomic mass is 16.3. The zero-order valence-corrected chi connectivity index (χ0v) is 14.2. The minimum atomic E-state index is -0.978. The summed E-state index contributed by atoms with van der Waals surface area (Å²) in [6, 6.07) is 6.89. The summed E-state index contributed by atoms with van der Waals surface area (Å²) in [4.78, 5) is 26.1. The van der Waals surface area contributed by atoms with E-state index in [2.05, 4.69) is 5.32 Å². The molecule has 0 fully saturated rings. The average molecular weight is 306 g/mol. The second-order valence-corrected chi connectivity index (χ2v) is 7.22. The van der Waals surface area contributed by atoms with Crippen molar-refractivity contribution in [2.24, 2.45) is 5.41 Å². The minimum Gasteiger partial charge on any atom is -0.389 e. The van der Waals surface area contributed by atoms with Crippen LogP contribution in [0.15, 0.2) is 24.3 Å². The molecule has 22 heavy (non-hydrogen) atoms. The van der Waals surface area contributed by atoms with Crippen LogP contribution in [0.2, 0.25) is 0 Å². The Balaban J connectivity index is 3.01. The average Bonchev–Trinajstić information content (AvgIpc) is 2.35. The van der Waals surface area contributed by atoms with Gasteiger partial charge >= 0.3 is 0 Å². The van der Waals surface area contributed by atoms with Crippen LogP contribution in [0.3, 0.4) is 0 Å². The Morgan fingerprint density at radius 1 is 1.14 bits per heavy atom. The Kier molecular flexibility index (Phi) is 5.35. The molecule has 2 amide bonds. The number of amides is 2. The number of carbonyl (C=O) groups is 2. The lowest BCUT2D eigenvalue weighted by Gasteiger charge is -2.26. The third kappa shape index (κ3) is 5.15. The molecule has 5 heteroatoms. The van der Waals surface area contributed by atoms with Gasteiger partial charge in [0.25, 0.3) is 5.91 Å². The Hall–Kier alpha value is -1.88. The van der Waals surface area contributed by atoms with Crippen molar-refractivity contribution in [2.45, 2.75) is 40.2 Å². The number of nitrogens with one attached hydrogen (secondary N) is 1. The van der Waals surface area contributed by atoms with E-state index in [9.17, 15) is 14.7 Å². The Morgan fingerprint density at radius 3 is 2.18 bits per heavy atom. The van der Waals surface area contributed by atoms with Crippen LogP contribution in [-0.2, 0) is 4.79 Å². The number of likely N-dealkylation sites (N-methyl/N-ethyl adjacent to an activating group) is 1. The molecule has 2 N–H and O–H groups in total. The summed E-state index contributed by atoms with van der Waals surface area (Å²) in [6.07, 6.45) is 0. The maximum absolute atomic E-state index is 12.5. The molecule has 0 atom stereocenters. The zero-order valence-electron chi connectivity index (χ0n) is 14.2. The van der Waals surface area contributed by atoms with Gasteiger partial charge in [-0.3, -0.25) is 9.59 Å². The summed E-state index contributed by atoms with van der Waals surface area (Å²) in [5.41, 5.74) is -0.634. The van der Waals surface area contributed by atoms with Gasteiger partial charge in [0.15, 0.2) is 0 Å². The molecule has 0 aliphatic rings. The van der Waals surface area contributed by atoms with E-state index in [4.69, 9.17) is 0 Å². The number of para-hydroxylation sites is 1. The lowest BCUT2D eigenvalue weighted by atomic mass is 9.95. The quantitative estimate of drug-likeness (QED) is 0.898. The van der Waals surface area contributed by atoms with Crippen molar-refractivity contribution in [2.75, 3.05) is 18.9 Å². The number of carbonyl (C=O) groups excluding carboxylic acids is 2. The topological polar surface area (TPSA) is 69.6 Å². The monoisotopic (exact) mass is 306 g/mol. The number of aliphatic hydroxyl groups is 1. The summed E-state index contributed by atoms with van der Waals surface area (Å²) in [5.74, 6) is -0.398. The molecule has 0 unspecified atom stereocenters. The Bertz CT molecular complexity index is 554. The first-order valence-electron chi connectivity index (χ1n) is 7.30. The summed E-state index contributed by atoms with van der Waals surface area (Å²) < 4.78 is 0. The molecule has 122 valence electrons. The van der Waals surface area contributed by atoms with Crippen LogP contribution in [0, 0.1) is 5.41 Å². The first-order chi connectivity index (χ1) is 9.92. The van der Waals surface area contributed by atoms with Crippen molar-refractivity contribution < 1.29 is 14.7 Å². The maximum Gasteiger partial charge on any atom is 0.255 e. The molecule has 1 aromatic rings. The third-order valence-electron chi connectivity index (χ3n) is 3.06. The van der Waals surface area contributed by atoms with Gasteiger partial charge in [0.05, 0.1) is 16.9 Å². The highest BCUT2D eigenvalue weighted by Gasteiger charge is 2.25. The SMILES string of the molecule is CN(CC(C)(C)O)C(=O)c1ccccc1NC(=O)C(C)(C)C. The number of hydrogen-bond donors (Lipinski definition) is 2. The van der Waals surface area contributed by atoms with Crippen molar-refractivity contribution in [3.63, 3.8) is 0 Å². The molecule has 5 nitrogen and oxygen atoms in total. The standard InChI is InChI=1S/C17H26N2O3/c1-16(2,3)15(21)18-13-10-8-7-9-12(13)14(20)19(6)11-17(4,5)22/h7-10,22H,11H2,1-6H3,(H,18,21). The Labute approximate surface area is 132 Å². The van der Waals surface area contributed by atoms with Crippen molar-refractivity contribution in [3.05, 3.63) is 29.8 Å². The maximum atomic E-state index is 12.5. The van der Waals surface area contributed by atoms with Crippen LogP contribution < -0.4 is 5.32 Å². The van der Waals surface area contributed by atoms with Gasteiger partial charge in [-0.15, -0.1) is 0 Å². The van der Waals surface area contributed by atoms with Crippen molar-refractivity contribution in [3.8, 4) is 0 Å². The largest absolute Gasteiger partial charge is 0.389 e. The molecular formula is C17H26N2O3. The van der Waals surface area contributed by atoms with E-state index in [1.165, 1.54) is 4.90 Å². The van der Waals surface area contributed by atoms with E-state index >= 15 is 0 Å². The predicted molar refractivity (Wildman–Crippen MR) is 87.8 cm³/mol. The fourth-order valence-corrected chi connectivity index (χ4v) is 1.95. The number of anilines is 1. The van der Waals surface area contributed by atoms with E-state index in [0.29, 0.717) is 11.3 Å². The third-order valence-corrected chi connectivity index (χ3v) is 3.06. The molecule has 0 aliphatic heterocycles. The van der Waals surface area contributed by atoms with Crippen LogP contribution in [0.5, 0.6) is 0 Å². The highest BCUT2D eigenvalue weighted by molar-refractivity contribution is 6.04. The number of rotatable bonds is 4. The second-order valence-electron chi connectivity index (χ2n) is 7.22. The highest BCUT2D eigenvalue weighted by Crippen LogP contribution is 2.22. The van der Waals surface area contributed by atoms with Crippen LogP contribution >= 0.6 is 0 Å². The van der Waals surface area contributed by atoms with Crippen LogP contribution in [0.25, 0.3) is 0 Å². The van der Waals surface area contributed by atoms with E-state index in [1.54, 1.807) is 45.2 Å². The molecule has 1 rings (SSSR count). The molecule has 0 spiro atoms. The van der Waals surface area contributed by atoms with Gasteiger partial charge in [-0.2, -0.15) is 0 Å². The molecule has 0 aliphatic carbocycles. The summed E-state index contributed by atoms with van der Waals surface area (Å²) in [7, 11) is 1.63. The molecule has 0 saturated carbocycles. The van der Waals surface area contributed by atoms with Crippen molar-refractivity contribution >= 4 is 17.5 Å². The fourth-order valence-electron chi connectivity index (χ4n) is 1.95. The van der Waals surface area contributed by atoms with E-state index in [-0.39, 0.29) is 18.4 Å². The van der Waals surface area contributed by atoms with Gasteiger partial charge in [-0.25, -0.2) is 0 Å². The van der Waals surface area contributed by atoms with Gasteiger partial charge in [-0.05, 0) is 26.0 Å². The summed E-state index contributed by atoms with van der Waals surface area (Å²) >= 11 is 0. The summed E-state index contributed by atoms with van der Waals surface area (Å²) in [5, 5.41) is 12.6. The minimum absolute atomic E-state index is 0.155. The number of nitrogens with zero attached hydrogens (tertiary/aromatic N) is 1. The second kappa shape index (κ2) is 6.48. The zero-order chi connectivity index (χ0) is 17.1. The molecule has 0 bridgehead atoms. The predicted octanol–water partition coefficient (Wildman–Crippen LogP) is 2.51. The number of benzene rings is 1. The van der Waals surface area contributed by atoms with E-state index in [0.717, 1.165) is 0 Å². The molecule has 0 radical (unpaired) electrons. The molecule has 0 aromatic heterocycles. The lowest BCUT2D eigenvalue weighted by Crippen LogP contribution is -2.40. The van der Waals surface area contributed by atoms with Crippen molar-refractivity contribution in [1.82, 2.24) is 4.90 Å². The van der Waals surface area contributed by atoms with Crippen LogP contribution in [0.4, 0.5) is 5.69 Å². The van der Waals surface area contributed by atoms with Gasteiger partial charge in [0, 0.05) is 19.0 Å². The van der Waals surface area contributed by atoms with Crippen LogP contribution in [-0.4, -0.2) is 41.0 Å². The first-order valence-corrected chi connectivity index (χ1v) is 7.30. The van der Waals surface area contributed by atoms with Crippen LogP contribution in [0.1, 0.15) is 45.0 Å². The first kappa shape index (κ1) is 18.2. The van der Waals surface area contributed by atoms with Gasteiger partial charge in [0.2, 0.25) is 5.91 Å². The van der Waals surface area contributed by atoms with E-state index < -0.39 is 11.0 Å². The smallest absolute Gasteiger partial charge is 0.255 e. The molecule has 1 aromatic carbocycles. The van der Waals surface area contributed by atoms with Crippen molar-refractivity contribution in [1.29, 1.82) is 0 Å². The molecular weight excluding hydrogens is 280 g/mol. The van der Waals surface area contributed by atoms with Gasteiger partial charge in [-0.1, -0.05) is 32.9 Å². The normalized spacial score (nSPS) is 12.0. The summed E-state index contributed by atoms with van der Waals surface area (Å²) in [6.45, 7) is 8.93. The van der Waals surface area contributed by atoms with E-state index in [1.807, 2.05) is 20.8 Å². The Morgan fingerprint density at radius 2 is 1.68 bits per heavy atom. The number of hydrogen-bond acceptors (Lipinski definition) is 3.